The number of nitrogens with one attached hydrogen (secondary N) is 1. The van der Waals surface area contributed by atoms with Crippen molar-refractivity contribution < 1.29 is 9.72 Å². The number of carbonyl (C=O) groups is 1. The number of non-ortho nitro benzene ring substituents is 1. The minimum Gasteiger partial charge on any atom is -0.348 e. The number of rotatable bonds is 5. The van der Waals surface area contributed by atoms with Crippen LogP contribution >= 0.6 is 0 Å². The van der Waals surface area contributed by atoms with Gasteiger partial charge < -0.3 is 9.88 Å². The molecular weight excluding hydrogens is 384 g/mol. The monoisotopic (exact) mass is 406 g/mol. The molecule has 1 amide bonds. The molecule has 0 radical (unpaired) electrons. The molecule has 8 nitrogen and oxygen atoms in total. The molecule has 0 saturated heterocycles. The van der Waals surface area contributed by atoms with Crippen molar-refractivity contribution >= 4 is 28.7 Å². The van der Waals surface area contributed by atoms with Crippen molar-refractivity contribution in [2.45, 2.75) is 32.9 Å². The van der Waals surface area contributed by atoms with Crippen LogP contribution in [0.2, 0.25) is 0 Å². The van der Waals surface area contributed by atoms with Crippen LogP contribution in [-0.4, -0.2) is 25.9 Å². The van der Waals surface area contributed by atoms with Crippen LogP contribution in [0.5, 0.6) is 0 Å². The second-order valence-electron chi connectivity index (χ2n) is 7.87. The number of hydrogen-bond donors (Lipinski definition) is 1. The van der Waals surface area contributed by atoms with E-state index < -0.39 is 10.5 Å². The number of nitro groups is 1. The maximum absolute atomic E-state index is 13.1. The number of fused-ring (bicyclic) bond motifs is 1. The summed E-state index contributed by atoms with van der Waals surface area (Å²) in [6.07, 6.45) is 2.70. The molecule has 0 spiro atoms. The van der Waals surface area contributed by atoms with E-state index in [1.165, 1.54) is 24.3 Å². The van der Waals surface area contributed by atoms with Crippen LogP contribution in [-0.2, 0) is 11.3 Å². The molecule has 2 aromatic carbocycles. The summed E-state index contributed by atoms with van der Waals surface area (Å²) in [5.41, 5.74) is 1.35. The Balaban J connectivity index is 2.01. The Labute approximate surface area is 173 Å². The Morgan fingerprint density at radius 2 is 1.83 bits per heavy atom. The minimum absolute atomic E-state index is 0.0147. The zero-order valence-corrected chi connectivity index (χ0v) is 17.0. The van der Waals surface area contributed by atoms with E-state index in [-0.39, 0.29) is 29.4 Å². The molecule has 154 valence electrons. The van der Waals surface area contributed by atoms with E-state index in [1.54, 1.807) is 28.8 Å². The van der Waals surface area contributed by atoms with Gasteiger partial charge >= 0.3 is 0 Å². The van der Waals surface area contributed by atoms with Gasteiger partial charge in [-0.05, 0) is 44.5 Å². The van der Waals surface area contributed by atoms with Crippen LogP contribution in [0.4, 0.5) is 5.69 Å². The van der Waals surface area contributed by atoms with E-state index in [9.17, 15) is 19.7 Å². The molecule has 0 bridgehead atoms. The Morgan fingerprint density at radius 3 is 2.47 bits per heavy atom. The van der Waals surface area contributed by atoms with Gasteiger partial charge in [0.05, 0.1) is 22.5 Å². The molecule has 1 heterocycles. The van der Waals surface area contributed by atoms with Crippen LogP contribution in [0.3, 0.4) is 0 Å². The van der Waals surface area contributed by atoms with Crippen molar-refractivity contribution in [3.8, 4) is 0 Å². The first-order valence-electron chi connectivity index (χ1n) is 9.37. The molecular formula is C22H22N4O4. The summed E-state index contributed by atoms with van der Waals surface area (Å²) in [4.78, 5) is 39.9. The average molecular weight is 406 g/mol. The van der Waals surface area contributed by atoms with Gasteiger partial charge in [0.2, 0.25) is 5.91 Å². The summed E-state index contributed by atoms with van der Waals surface area (Å²) in [5, 5.41) is 13.7. The molecule has 1 aromatic heterocycles. The number of benzene rings is 2. The van der Waals surface area contributed by atoms with Gasteiger partial charge in [-0.1, -0.05) is 24.3 Å². The first kappa shape index (κ1) is 20.9. The van der Waals surface area contributed by atoms with Gasteiger partial charge in [0.1, 0.15) is 5.69 Å². The summed E-state index contributed by atoms with van der Waals surface area (Å²) >= 11 is 0. The van der Waals surface area contributed by atoms with E-state index >= 15 is 0 Å². The highest BCUT2D eigenvalue weighted by atomic mass is 16.6. The molecule has 0 saturated carbocycles. The van der Waals surface area contributed by atoms with Crippen LogP contribution in [0.1, 0.15) is 32.0 Å². The SMILES string of the molecule is CC(C)(C)NC(=O)/C=C/c1nc2ccccc2n(Cc2ccc([N+](=O)[O-])cc2)c1=O. The fraction of sp³-hybridized carbons (Fsp3) is 0.227. The Kier molecular flexibility index (Phi) is 5.77. The van der Waals surface area contributed by atoms with Crippen molar-refractivity contribution in [1.82, 2.24) is 14.9 Å². The van der Waals surface area contributed by atoms with Gasteiger partial charge in [-0.2, -0.15) is 0 Å². The number of carbonyl (C=O) groups excluding carboxylic acids is 1. The highest BCUT2D eigenvalue weighted by molar-refractivity contribution is 5.92. The highest BCUT2D eigenvalue weighted by Crippen LogP contribution is 2.16. The zero-order valence-electron chi connectivity index (χ0n) is 17.0. The standard InChI is InChI=1S/C22H22N4O4/c1-22(2,3)24-20(27)13-12-18-21(28)25(19-7-5-4-6-17(19)23-18)14-15-8-10-16(11-9-15)26(29)30/h4-13H,14H2,1-3H3,(H,24,27)/b13-12+. The van der Waals surface area contributed by atoms with E-state index in [4.69, 9.17) is 0 Å². The summed E-state index contributed by atoms with van der Waals surface area (Å²) in [7, 11) is 0. The normalized spacial score (nSPS) is 11.7. The number of amides is 1. The lowest BCUT2D eigenvalue weighted by Crippen LogP contribution is -2.39. The van der Waals surface area contributed by atoms with Crippen LogP contribution in [0, 0.1) is 10.1 Å². The average Bonchev–Trinajstić information content (AvgIpc) is 2.68. The van der Waals surface area contributed by atoms with E-state index in [0.29, 0.717) is 11.0 Å². The molecule has 0 unspecified atom stereocenters. The van der Waals surface area contributed by atoms with E-state index in [2.05, 4.69) is 10.3 Å². The second kappa shape index (κ2) is 8.28. The topological polar surface area (TPSA) is 107 Å². The minimum atomic E-state index is -0.469. The fourth-order valence-electron chi connectivity index (χ4n) is 2.95. The number of para-hydroxylation sites is 2. The predicted octanol–water partition coefficient (Wildman–Crippen LogP) is 3.28. The predicted molar refractivity (Wildman–Crippen MR) is 115 cm³/mol. The first-order chi connectivity index (χ1) is 14.1. The van der Waals surface area contributed by atoms with Crippen LogP contribution in [0.15, 0.2) is 59.4 Å². The van der Waals surface area contributed by atoms with Crippen molar-refractivity contribution in [2.24, 2.45) is 0 Å². The van der Waals surface area contributed by atoms with Gasteiger partial charge in [-0.15, -0.1) is 0 Å². The number of aromatic nitrogens is 2. The third kappa shape index (κ3) is 4.96. The summed E-state index contributed by atoms with van der Waals surface area (Å²) in [6.45, 7) is 5.81. The molecule has 0 aliphatic carbocycles. The van der Waals surface area contributed by atoms with Gasteiger partial charge in [0.15, 0.2) is 0 Å². The number of nitro benzene ring substituents is 1. The third-order valence-electron chi connectivity index (χ3n) is 4.26. The molecule has 3 aromatic rings. The number of hydrogen-bond acceptors (Lipinski definition) is 5. The first-order valence-corrected chi connectivity index (χ1v) is 9.37. The van der Waals surface area contributed by atoms with Gasteiger partial charge in [-0.3, -0.25) is 19.7 Å². The van der Waals surface area contributed by atoms with Crippen molar-refractivity contribution in [2.75, 3.05) is 0 Å². The zero-order chi connectivity index (χ0) is 21.9. The maximum atomic E-state index is 13.1. The smallest absolute Gasteiger partial charge is 0.277 e. The molecule has 0 fully saturated rings. The molecule has 0 atom stereocenters. The van der Waals surface area contributed by atoms with Crippen molar-refractivity contribution in [3.63, 3.8) is 0 Å². The molecule has 0 aliphatic rings. The molecule has 3 rings (SSSR count). The Bertz CT molecular complexity index is 1190. The highest BCUT2D eigenvalue weighted by Gasteiger charge is 2.13. The maximum Gasteiger partial charge on any atom is 0.277 e. The lowest BCUT2D eigenvalue weighted by molar-refractivity contribution is -0.384. The third-order valence-corrected chi connectivity index (χ3v) is 4.26. The van der Waals surface area contributed by atoms with Crippen molar-refractivity contribution in [3.05, 3.63) is 86.3 Å². The van der Waals surface area contributed by atoms with E-state index in [0.717, 1.165) is 5.56 Å². The lowest BCUT2D eigenvalue weighted by Gasteiger charge is -2.18. The molecule has 0 aliphatic heterocycles. The lowest BCUT2D eigenvalue weighted by atomic mass is 10.1. The quantitative estimate of drug-likeness (QED) is 0.397. The van der Waals surface area contributed by atoms with Crippen molar-refractivity contribution in [1.29, 1.82) is 0 Å². The van der Waals surface area contributed by atoms with Crippen LogP contribution < -0.4 is 10.9 Å². The van der Waals surface area contributed by atoms with E-state index in [1.807, 2.05) is 32.9 Å². The largest absolute Gasteiger partial charge is 0.348 e. The molecule has 30 heavy (non-hydrogen) atoms. The fourth-order valence-corrected chi connectivity index (χ4v) is 2.95. The van der Waals surface area contributed by atoms with Crippen LogP contribution in [0.25, 0.3) is 17.1 Å². The molecule has 1 N–H and O–H groups in total. The summed E-state index contributed by atoms with van der Waals surface area (Å²) in [5.74, 6) is -0.321. The number of nitrogens with zero attached hydrogens (tertiary/aromatic N) is 3. The Morgan fingerprint density at radius 1 is 1.17 bits per heavy atom. The van der Waals surface area contributed by atoms with Gasteiger partial charge in [0, 0.05) is 23.7 Å². The Hall–Kier alpha value is -3.81. The second-order valence-corrected chi connectivity index (χ2v) is 7.87. The van der Waals surface area contributed by atoms with Gasteiger partial charge in [0.25, 0.3) is 11.2 Å². The summed E-state index contributed by atoms with van der Waals surface area (Å²) in [6, 6.07) is 13.2. The summed E-state index contributed by atoms with van der Waals surface area (Å²) < 4.78 is 1.55. The van der Waals surface area contributed by atoms with Gasteiger partial charge in [-0.25, -0.2) is 4.98 Å². The molecule has 8 heteroatoms.